The van der Waals surface area contributed by atoms with E-state index in [1.165, 1.54) is 6.42 Å². The van der Waals surface area contributed by atoms with Crippen molar-refractivity contribution in [1.29, 1.82) is 0 Å². The molecule has 38 heavy (non-hydrogen) atoms. The second kappa shape index (κ2) is 12.6. The molecule has 4 N–H and O–H groups in total. The number of hydrogen-bond donors (Lipinski definition) is 2. The van der Waals surface area contributed by atoms with Gasteiger partial charge in [0.25, 0.3) is 0 Å². The van der Waals surface area contributed by atoms with E-state index in [4.69, 9.17) is 16.2 Å². The number of pyridine rings is 1. The van der Waals surface area contributed by atoms with Crippen molar-refractivity contribution >= 4 is 34.4 Å². The second-order valence-corrected chi connectivity index (χ2v) is 11.0. The Balaban J connectivity index is 1.67. The lowest BCUT2D eigenvalue weighted by Crippen LogP contribution is -2.54. The van der Waals surface area contributed by atoms with Crippen LogP contribution in [0.25, 0.3) is 10.8 Å². The number of hydrogen-bond acceptors (Lipinski definition) is 7. The summed E-state index contributed by atoms with van der Waals surface area (Å²) < 4.78 is 5.50. The molecule has 1 aliphatic carbocycles. The zero-order valence-electron chi connectivity index (χ0n) is 22.6. The fourth-order valence-corrected chi connectivity index (χ4v) is 5.99. The molecule has 2 amide bonds. The lowest BCUT2D eigenvalue weighted by atomic mass is 9.84. The summed E-state index contributed by atoms with van der Waals surface area (Å²) in [5.41, 5.74) is 12.7. The van der Waals surface area contributed by atoms with Crippen LogP contribution in [0.15, 0.2) is 30.5 Å². The molecule has 0 unspecified atom stereocenters. The summed E-state index contributed by atoms with van der Waals surface area (Å²) in [5, 5.41) is 1.81. The monoisotopic (exact) mass is 523 g/mol. The minimum atomic E-state index is -0.600. The molecular formula is C29H41N5O4. The maximum atomic E-state index is 14.1. The topological polar surface area (TPSA) is 132 Å². The van der Waals surface area contributed by atoms with E-state index < -0.39 is 18.0 Å². The molecule has 9 nitrogen and oxygen atoms in total. The second-order valence-electron chi connectivity index (χ2n) is 11.0. The number of carbonyl (C=O) groups is 3. The van der Waals surface area contributed by atoms with Crippen LogP contribution < -0.4 is 11.5 Å². The molecule has 1 aromatic heterocycles. The van der Waals surface area contributed by atoms with Crippen molar-refractivity contribution in [3.8, 4) is 0 Å². The molecule has 0 radical (unpaired) electrons. The van der Waals surface area contributed by atoms with Gasteiger partial charge in [-0.25, -0.2) is 4.98 Å². The molecule has 2 aromatic rings. The number of esters is 1. The number of anilines is 1. The summed E-state index contributed by atoms with van der Waals surface area (Å²) in [6.07, 6.45) is 9.01. The van der Waals surface area contributed by atoms with Crippen molar-refractivity contribution in [1.82, 2.24) is 14.8 Å². The first-order valence-corrected chi connectivity index (χ1v) is 13.9. The molecule has 9 heteroatoms. The van der Waals surface area contributed by atoms with E-state index in [0.29, 0.717) is 37.7 Å². The Morgan fingerprint density at radius 1 is 1.11 bits per heavy atom. The van der Waals surface area contributed by atoms with E-state index in [1.807, 2.05) is 43.0 Å². The number of primary amides is 1. The molecule has 2 atom stereocenters. The first-order chi connectivity index (χ1) is 18.2. The number of nitrogens with two attached hydrogens (primary N) is 2. The first-order valence-electron chi connectivity index (χ1n) is 13.9. The average Bonchev–Trinajstić information content (AvgIpc) is 3.37. The van der Waals surface area contributed by atoms with Crippen molar-refractivity contribution in [2.75, 3.05) is 18.8 Å². The van der Waals surface area contributed by atoms with Gasteiger partial charge >= 0.3 is 5.97 Å². The predicted octanol–water partition coefficient (Wildman–Crippen LogP) is 3.39. The van der Waals surface area contributed by atoms with E-state index in [2.05, 4.69) is 4.98 Å². The van der Waals surface area contributed by atoms with Gasteiger partial charge in [-0.1, -0.05) is 44.2 Å². The van der Waals surface area contributed by atoms with E-state index >= 15 is 0 Å². The standard InChI is InChI=1S/C29H41N5O4/c1-19(2)38-26(35)18-33(17-21-10-11-23-22(15-21)12-13-32-27(23)30)25(16-20-7-4-3-5-8-20)29(37)34-14-6-9-24(34)28(31)36/h10-13,15,19-20,24-25H,3-9,14,16-18H2,1-2H3,(H2,30,32)(H2,31,36)/t24-,25+/m0/s1. The SMILES string of the molecule is CC(C)OC(=O)CN(Cc1ccc2c(N)nccc2c1)[C@H](CC1CCCCC1)C(=O)N1CCC[C@H]1C(N)=O. The molecule has 206 valence electrons. The lowest BCUT2D eigenvalue weighted by Gasteiger charge is -2.37. The van der Waals surface area contributed by atoms with E-state index in [9.17, 15) is 14.4 Å². The van der Waals surface area contributed by atoms with E-state index in [0.717, 1.165) is 48.4 Å². The predicted molar refractivity (Wildman–Crippen MR) is 147 cm³/mol. The fourth-order valence-electron chi connectivity index (χ4n) is 5.99. The van der Waals surface area contributed by atoms with Gasteiger partial charge in [-0.3, -0.25) is 19.3 Å². The van der Waals surface area contributed by atoms with Crippen LogP contribution in [0, 0.1) is 5.92 Å². The zero-order chi connectivity index (χ0) is 27.2. The largest absolute Gasteiger partial charge is 0.462 e. The number of likely N-dealkylation sites (tertiary alicyclic amines) is 1. The third kappa shape index (κ3) is 6.81. The number of ether oxygens (including phenoxy) is 1. The smallest absolute Gasteiger partial charge is 0.320 e. The van der Waals surface area contributed by atoms with Gasteiger partial charge in [0, 0.05) is 24.7 Å². The Hall–Kier alpha value is -3.20. The normalized spacial score (nSPS) is 19.3. The summed E-state index contributed by atoms with van der Waals surface area (Å²) in [7, 11) is 0. The molecule has 2 heterocycles. The Bertz CT molecular complexity index is 1150. The zero-order valence-corrected chi connectivity index (χ0v) is 22.6. The molecule has 2 aliphatic rings. The number of amides is 2. The van der Waals surface area contributed by atoms with Crippen molar-refractivity contribution < 1.29 is 19.1 Å². The number of carbonyl (C=O) groups excluding carboxylic acids is 3. The van der Waals surface area contributed by atoms with Crippen LogP contribution in [0.2, 0.25) is 0 Å². The molecule has 2 fully saturated rings. The summed E-state index contributed by atoms with van der Waals surface area (Å²) in [6.45, 7) is 4.49. The third-order valence-corrected chi connectivity index (χ3v) is 7.82. The minimum Gasteiger partial charge on any atom is -0.462 e. The summed E-state index contributed by atoms with van der Waals surface area (Å²) >= 11 is 0. The summed E-state index contributed by atoms with van der Waals surface area (Å²) in [6, 6.07) is 6.66. The highest BCUT2D eigenvalue weighted by Gasteiger charge is 2.40. The maximum absolute atomic E-state index is 14.1. The van der Waals surface area contributed by atoms with Crippen LogP contribution in [-0.4, -0.2) is 63.8 Å². The van der Waals surface area contributed by atoms with E-state index in [-0.39, 0.29) is 24.5 Å². The number of rotatable bonds is 10. The number of benzene rings is 1. The molecule has 0 spiro atoms. The van der Waals surface area contributed by atoms with Gasteiger partial charge < -0.3 is 21.1 Å². The molecule has 1 aromatic carbocycles. The van der Waals surface area contributed by atoms with Gasteiger partial charge in [0.05, 0.1) is 18.7 Å². The van der Waals surface area contributed by atoms with Crippen molar-refractivity contribution in [3.05, 3.63) is 36.0 Å². The molecule has 1 saturated heterocycles. The van der Waals surface area contributed by atoms with Crippen molar-refractivity contribution in [2.24, 2.45) is 11.7 Å². The van der Waals surface area contributed by atoms with Crippen LogP contribution in [0.4, 0.5) is 5.82 Å². The number of fused-ring (bicyclic) bond motifs is 1. The highest BCUT2D eigenvalue weighted by Crippen LogP contribution is 2.31. The maximum Gasteiger partial charge on any atom is 0.320 e. The van der Waals surface area contributed by atoms with Crippen LogP contribution in [-0.2, 0) is 25.7 Å². The first kappa shape index (κ1) is 27.8. The van der Waals surface area contributed by atoms with Crippen LogP contribution >= 0.6 is 0 Å². The molecular weight excluding hydrogens is 482 g/mol. The number of nitrogen functional groups attached to an aromatic ring is 1. The van der Waals surface area contributed by atoms with Gasteiger partial charge in [0.1, 0.15) is 11.9 Å². The summed E-state index contributed by atoms with van der Waals surface area (Å²) in [5.74, 6) is -0.118. The van der Waals surface area contributed by atoms with Crippen LogP contribution in [0.3, 0.4) is 0 Å². The Kier molecular flexibility index (Phi) is 9.20. The number of nitrogens with zero attached hydrogens (tertiary/aromatic N) is 3. The van der Waals surface area contributed by atoms with E-state index in [1.54, 1.807) is 11.1 Å². The lowest BCUT2D eigenvalue weighted by molar-refractivity contribution is -0.152. The Morgan fingerprint density at radius 3 is 2.58 bits per heavy atom. The highest BCUT2D eigenvalue weighted by atomic mass is 16.5. The van der Waals surface area contributed by atoms with Gasteiger partial charge in [0.2, 0.25) is 11.8 Å². The van der Waals surface area contributed by atoms with Gasteiger partial charge in [-0.05, 0) is 62.1 Å². The van der Waals surface area contributed by atoms with Crippen LogP contribution in [0.5, 0.6) is 0 Å². The molecule has 4 rings (SSSR count). The van der Waals surface area contributed by atoms with Crippen molar-refractivity contribution in [3.63, 3.8) is 0 Å². The molecule has 0 bridgehead atoms. The Morgan fingerprint density at radius 2 is 1.87 bits per heavy atom. The molecule has 1 saturated carbocycles. The fraction of sp³-hybridized carbons (Fsp3) is 0.586. The number of aromatic nitrogens is 1. The third-order valence-electron chi connectivity index (χ3n) is 7.82. The van der Waals surface area contributed by atoms with Crippen LogP contribution in [0.1, 0.15) is 70.8 Å². The highest BCUT2D eigenvalue weighted by molar-refractivity contribution is 5.91. The van der Waals surface area contributed by atoms with Crippen molar-refractivity contribution in [2.45, 2.75) is 89.9 Å². The van der Waals surface area contributed by atoms with Gasteiger partial charge in [0.15, 0.2) is 0 Å². The molecule has 1 aliphatic heterocycles. The summed E-state index contributed by atoms with van der Waals surface area (Å²) in [4.78, 5) is 47.0. The minimum absolute atomic E-state index is 0.0209. The average molecular weight is 524 g/mol. The Labute approximate surface area is 224 Å². The van der Waals surface area contributed by atoms with Gasteiger partial charge in [-0.2, -0.15) is 0 Å². The van der Waals surface area contributed by atoms with Gasteiger partial charge in [-0.15, -0.1) is 0 Å². The quantitative estimate of drug-likeness (QED) is 0.456.